The number of carbonyl (C=O) groups is 1. The summed E-state index contributed by atoms with van der Waals surface area (Å²) in [5, 5.41) is 0. The first-order valence-electron chi connectivity index (χ1n) is 12.4. The molecule has 0 bridgehead atoms. The summed E-state index contributed by atoms with van der Waals surface area (Å²) in [4.78, 5) is 27.2. The zero-order chi connectivity index (χ0) is 26.1. The van der Waals surface area contributed by atoms with Crippen LogP contribution in [0, 0.1) is 12.7 Å². The minimum atomic E-state index is -0.236. The van der Waals surface area contributed by atoms with Crippen molar-refractivity contribution in [1.29, 1.82) is 0 Å². The van der Waals surface area contributed by atoms with Crippen LogP contribution in [-0.4, -0.2) is 63.3 Å². The first kappa shape index (κ1) is 24.8. The molecule has 1 unspecified atom stereocenters. The van der Waals surface area contributed by atoms with Crippen molar-refractivity contribution in [2.24, 2.45) is 0 Å². The number of ether oxygens (including phenoxy) is 3. The number of piperazine rings is 1. The molecule has 0 radical (unpaired) electrons. The molecule has 2 aliphatic rings. The minimum absolute atomic E-state index is 0.0465. The van der Waals surface area contributed by atoms with Crippen LogP contribution in [0.4, 0.5) is 16.0 Å². The number of aryl methyl sites for hydroxylation is 1. The highest BCUT2D eigenvalue weighted by atomic mass is 19.1. The van der Waals surface area contributed by atoms with Crippen LogP contribution < -0.4 is 24.0 Å². The number of Topliss-reactive ketones (excluding diaryl/α,β-unsaturated/α-hetero) is 1. The van der Waals surface area contributed by atoms with Crippen LogP contribution in [-0.2, 0) is 6.42 Å². The first-order chi connectivity index (χ1) is 17.9. The molecule has 5 rings (SSSR count). The van der Waals surface area contributed by atoms with E-state index < -0.39 is 0 Å². The van der Waals surface area contributed by atoms with Gasteiger partial charge in [-0.2, -0.15) is 0 Å². The zero-order valence-electron chi connectivity index (χ0n) is 21.6. The summed E-state index contributed by atoms with van der Waals surface area (Å²) in [5.74, 6) is 2.04. The Balaban J connectivity index is 1.38. The maximum Gasteiger partial charge on any atom is 0.225 e. The average molecular weight is 507 g/mol. The lowest BCUT2D eigenvalue weighted by molar-refractivity contribution is 0.0961. The predicted octanol–water partition coefficient (Wildman–Crippen LogP) is 4.19. The van der Waals surface area contributed by atoms with E-state index in [2.05, 4.69) is 9.80 Å². The number of fused-ring (bicyclic) bond motifs is 1. The maximum atomic E-state index is 13.3. The third-order valence-electron chi connectivity index (χ3n) is 7.22. The fraction of sp³-hybridized carbons (Fsp3) is 0.393. The number of carbonyl (C=O) groups excluding carboxylic acids is 1. The van der Waals surface area contributed by atoms with Crippen LogP contribution in [0.25, 0.3) is 0 Å². The summed E-state index contributed by atoms with van der Waals surface area (Å²) in [6.45, 7) is 4.91. The molecule has 0 spiro atoms. The Morgan fingerprint density at radius 3 is 2.08 bits per heavy atom. The standard InChI is InChI=1S/C28H31FN4O4/c1-17-26-22(13-18(14-23(26)34)19-15-24(35-2)27(37-4)25(16-19)36-3)31-28(30-17)33-11-9-32(10-12-33)21-7-5-20(29)6-8-21/h5-8,15-16,18H,9-14H2,1-4H3. The Morgan fingerprint density at radius 2 is 1.49 bits per heavy atom. The molecule has 2 aromatic carbocycles. The van der Waals surface area contributed by atoms with Crippen LogP contribution in [0.2, 0.25) is 0 Å². The lowest BCUT2D eigenvalue weighted by Gasteiger charge is -2.36. The van der Waals surface area contributed by atoms with Gasteiger partial charge in [0.2, 0.25) is 11.7 Å². The van der Waals surface area contributed by atoms with Crippen LogP contribution in [0.3, 0.4) is 0 Å². The van der Waals surface area contributed by atoms with Crippen molar-refractivity contribution < 1.29 is 23.4 Å². The van der Waals surface area contributed by atoms with Crippen molar-refractivity contribution in [2.75, 3.05) is 57.3 Å². The van der Waals surface area contributed by atoms with Gasteiger partial charge in [-0.15, -0.1) is 0 Å². The zero-order valence-corrected chi connectivity index (χ0v) is 21.6. The van der Waals surface area contributed by atoms with Crippen LogP contribution >= 0.6 is 0 Å². The van der Waals surface area contributed by atoms with Crippen molar-refractivity contribution >= 4 is 17.4 Å². The van der Waals surface area contributed by atoms with E-state index in [1.54, 1.807) is 33.5 Å². The molecule has 1 aromatic heterocycles. The maximum absolute atomic E-state index is 13.3. The summed E-state index contributed by atoms with van der Waals surface area (Å²) < 4.78 is 29.8. The molecule has 194 valence electrons. The molecule has 8 nitrogen and oxygen atoms in total. The second-order valence-electron chi connectivity index (χ2n) is 9.37. The number of aromatic nitrogens is 2. The number of rotatable bonds is 6. The SMILES string of the molecule is COc1cc(C2CC(=O)c3c(C)nc(N4CCN(c5ccc(F)cc5)CC4)nc3C2)cc(OC)c1OC. The van der Waals surface area contributed by atoms with Gasteiger partial charge in [-0.3, -0.25) is 4.79 Å². The number of anilines is 2. The Labute approximate surface area is 216 Å². The van der Waals surface area contributed by atoms with Crippen LogP contribution in [0.5, 0.6) is 17.2 Å². The van der Waals surface area contributed by atoms with Crippen molar-refractivity contribution in [3.8, 4) is 17.2 Å². The minimum Gasteiger partial charge on any atom is -0.493 e. The number of benzene rings is 2. The van der Waals surface area contributed by atoms with Crippen molar-refractivity contribution in [2.45, 2.75) is 25.7 Å². The molecule has 1 atom stereocenters. The van der Waals surface area contributed by atoms with E-state index in [9.17, 15) is 9.18 Å². The lowest BCUT2D eigenvalue weighted by atomic mass is 9.81. The molecule has 0 amide bonds. The Morgan fingerprint density at radius 1 is 0.865 bits per heavy atom. The number of ketones is 1. The highest BCUT2D eigenvalue weighted by Crippen LogP contribution is 2.43. The number of hydrogen-bond donors (Lipinski definition) is 0. The normalized spacial score (nSPS) is 17.4. The van der Waals surface area contributed by atoms with Gasteiger partial charge in [-0.05, 0) is 61.2 Å². The predicted molar refractivity (Wildman–Crippen MR) is 139 cm³/mol. The second kappa shape index (κ2) is 10.2. The highest BCUT2D eigenvalue weighted by molar-refractivity contribution is 5.99. The topological polar surface area (TPSA) is 77.0 Å². The fourth-order valence-electron chi connectivity index (χ4n) is 5.29. The van der Waals surface area contributed by atoms with Gasteiger partial charge >= 0.3 is 0 Å². The van der Waals surface area contributed by atoms with Crippen LogP contribution in [0.1, 0.15) is 39.6 Å². The van der Waals surface area contributed by atoms with E-state index in [1.165, 1.54) is 12.1 Å². The summed E-state index contributed by atoms with van der Waals surface area (Å²) in [7, 11) is 4.74. The third-order valence-corrected chi connectivity index (χ3v) is 7.22. The molecule has 2 heterocycles. The van der Waals surface area contributed by atoms with E-state index in [0.29, 0.717) is 47.3 Å². The smallest absolute Gasteiger partial charge is 0.225 e. The van der Waals surface area contributed by atoms with Crippen molar-refractivity contribution in [3.05, 3.63) is 64.7 Å². The molecular formula is C28H31FN4O4. The van der Waals surface area contributed by atoms with Gasteiger partial charge in [-0.1, -0.05) is 0 Å². The van der Waals surface area contributed by atoms with Gasteiger partial charge < -0.3 is 24.0 Å². The number of hydrogen-bond acceptors (Lipinski definition) is 8. The van der Waals surface area contributed by atoms with Crippen molar-refractivity contribution in [1.82, 2.24) is 9.97 Å². The molecule has 0 N–H and O–H groups in total. The van der Waals surface area contributed by atoms with E-state index in [0.717, 1.165) is 43.1 Å². The van der Waals surface area contributed by atoms with E-state index in [-0.39, 0.29) is 17.5 Å². The van der Waals surface area contributed by atoms with E-state index in [4.69, 9.17) is 24.2 Å². The quantitative estimate of drug-likeness (QED) is 0.493. The summed E-state index contributed by atoms with van der Waals surface area (Å²) in [5.41, 5.74) is 4.08. The molecule has 9 heteroatoms. The number of nitrogens with zero attached hydrogens (tertiary/aromatic N) is 4. The average Bonchev–Trinajstić information content (AvgIpc) is 2.92. The Hall–Kier alpha value is -3.88. The Kier molecular flexibility index (Phi) is 6.86. The molecule has 3 aromatic rings. The number of halogens is 1. The second-order valence-corrected chi connectivity index (χ2v) is 9.37. The van der Waals surface area contributed by atoms with Crippen LogP contribution in [0.15, 0.2) is 36.4 Å². The van der Waals surface area contributed by atoms with Gasteiger partial charge in [0.05, 0.1) is 38.3 Å². The molecule has 1 fully saturated rings. The summed E-state index contributed by atoms with van der Waals surface area (Å²) in [6.07, 6.45) is 0.983. The van der Waals surface area contributed by atoms with Gasteiger partial charge in [0, 0.05) is 38.3 Å². The third kappa shape index (κ3) is 4.77. The molecule has 37 heavy (non-hydrogen) atoms. The molecule has 0 saturated carbocycles. The van der Waals surface area contributed by atoms with Gasteiger partial charge in [0.1, 0.15) is 5.82 Å². The molecular weight excluding hydrogens is 475 g/mol. The Bertz CT molecular complexity index is 1280. The summed E-state index contributed by atoms with van der Waals surface area (Å²) >= 11 is 0. The molecule has 1 saturated heterocycles. The molecule has 1 aliphatic heterocycles. The first-order valence-corrected chi connectivity index (χ1v) is 12.4. The monoisotopic (exact) mass is 506 g/mol. The lowest BCUT2D eigenvalue weighted by Crippen LogP contribution is -2.47. The highest BCUT2D eigenvalue weighted by Gasteiger charge is 2.32. The van der Waals surface area contributed by atoms with Gasteiger partial charge in [-0.25, -0.2) is 14.4 Å². The molecule has 1 aliphatic carbocycles. The summed E-state index contributed by atoms with van der Waals surface area (Å²) in [6, 6.07) is 10.4. The van der Waals surface area contributed by atoms with E-state index in [1.807, 2.05) is 19.1 Å². The largest absolute Gasteiger partial charge is 0.493 e. The van der Waals surface area contributed by atoms with Crippen molar-refractivity contribution in [3.63, 3.8) is 0 Å². The number of methoxy groups -OCH3 is 3. The van der Waals surface area contributed by atoms with Gasteiger partial charge in [0.15, 0.2) is 17.3 Å². The fourth-order valence-corrected chi connectivity index (χ4v) is 5.29. The van der Waals surface area contributed by atoms with E-state index >= 15 is 0 Å². The van der Waals surface area contributed by atoms with Gasteiger partial charge in [0.25, 0.3) is 0 Å².